The Bertz CT molecular complexity index is 1160. The van der Waals surface area contributed by atoms with E-state index >= 15 is 0 Å². The number of carbonyl (C=O) groups is 5. The van der Waals surface area contributed by atoms with E-state index in [0.717, 1.165) is 11.1 Å². The number of aliphatic carboxylic acids is 1. The summed E-state index contributed by atoms with van der Waals surface area (Å²) in [4.78, 5) is 68.8. The predicted molar refractivity (Wildman–Crippen MR) is 147 cm³/mol. The van der Waals surface area contributed by atoms with Crippen LogP contribution in [0.2, 0.25) is 0 Å². The molecule has 2 aliphatic rings. The van der Waals surface area contributed by atoms with Gasteiger partial charge in [-0.1, -0.05) is 24.3 Å². The van der Waals surface area contributed by atoms with Crippen LogP contribution >= 0.6 is 0 Å². The van der Waals surface area contributed by atoms with Gasteiger partial charge in [0.25, 0.3) is 0 Å². The van der Waals surface area contributed by atoms with Crippen molar-refractivity contribution in [2.45, 2.75) is 69.2 Å². The van der Waals surface area contributed by atoms with Crippen molar-refractivity contribution in [2.24, 2.45) is 22.2 Å². The number of guanidine groups is 1. The summed E-state index contributed by atoms with van der Waals surface area (Å²) in [5, 5.41) is 17.4. The predicted octanol–water partition coefficient (Wildman–Crippen LogP) is -1.71. The maximum atomic E-state index is 14.0. The number of benzene rings is 1. The van der Waals surface area contributed by atoms with Gasteiger partial charge >= 0.3 is 12.1 Å². The van der Waals surface area contributed by atoms with Crippen LogP contribution in [0.1, 0.15) is 43.2 Å². The molecule has 4 atom stereocenters. The minimum Gasteiger partial charge on any atom is -0.480 e. The Balaban J connectivity index is 1.82. The summed E-state index contributed by atoms with van der Waals surface area (Å²) in [7, 11) is 0. The van der Waals surface area contributed by atoms with Gasteiger partial charge in [-0.15, -0.1) is 0 Å². The standard InChI is InChI=1S/C26H38N8O7/c27-10-4-3-8-17(31-21(35)19-14-41-26(40)33-19)23(37)34-13-16-7-2-1-6-15(16)12-20(34)22(36)32-18(24(38)39)9-5-11-30-25(28)29/h1-2,6-7,17-20H,3-5,8-14,27H2,(H,31,35)(H,32,36)(H,33,40)(H,38,39)(H4,28,29,30)/t17-,18-,19-,20-/m0/s1. The van der Waals surface area contributed by atoms with Gasteiger partial charge in [-0.3, -0.25) is 19.4 Å². The van der Waals surface area contributed by atoms with Crippen molar-refractivity contribution in [3.05, 3.63) is 35.4 Å². The molecule has 0 aliphatic carbocycles. The van der Waals surface area contributed by atoms with E-state index in [1.54, 1.807) is 0 Å². The van der Waals surface area contributed by atoms with Crippen molar-refractivity contribution in [1.29, 1.82) is 0 Å². The highest BCUT2D eigenvalue weighted by Gasteiger charge is 2.40. The number of nitrogens with zero attached hydrogens (tertiary/aromatic N) is 2. The highest BCUT2D eigenvalue weighted by molar-refractivity contribution is 5.95. The molecule has 3 rings (SSSR count). The SMILES string of the molecule is NCCCC[C@H](NC(=O)[C@@H]1COC(=O)N1)C(=O)N1Cc2ccccc2C[C@H]1C(=O)N[C@@H](CCCN=C(N)N)C(=O)O. The number of amides is 4. The number of carboxylic acid groups (broad SMARTS) is 1. The molecule has 1 aromatic rings. The van der Waals surface area contributed by atoms with E-state index in [4.69, 9.17) is 21.9 Å². The maximum absolute atomic E-state index is 14.0. The number of unbranched alkanes of at least 4 members (excludes halogenated alkanes) is 1. The summed E-state index contributed by atoms with van der Waals surface area (Å²) in [6.45, 7) is 0.501. The number of hydrogen-bond acceptors (Lipinski definition) is 8. The Morgan fingerprint density at radius 1 is 1.05 bits per heavy atom. The molecule has 0 radical (unpaired) electrons. The van der Waals surface area contributed by atoms with Gasteiger partial charge in [-0.05, 0) is 49.8 Å². The fourth-order valence-electron chi connectivity index (χ4n) is 4.77. The molecule has 41 heavy (non-hydrogen) atoms. The van der Waals surface area contributed by atoms with Gasteiger partial charge in [-0.2, -0.15) is 0 Å². The average molecular weight is 575 g/mol. The molecule has 15 nitrogen and oxygen atoms in total. The minimum atomic E-state index is -1.23. The number of alkyl carbamates (subject to hydrolysis) is 1. The van der Waals surface area contributed by atoms with Gasteiger partial charge in [0, 0.05) is 19.5 Å². The van der Waals surface area contributed by atoms with Crippen molar-refractivity contribution >= 4 is 35.7 Å². The van der Waals surface area contributed by atoms with Crippen LogP contribution in [-0.2, 0) is 36.9 Å². The number of ether oxygens (including phenoxy) is 1. The summed E-state index contributed by atoms with van der Waals surface area (Å²) in [5.74, 6) is -3.08. The van der Waals surface area contributed by atoms with Crippen LogP contribution in [0.4, 0.5) is 4.79 Å². The van der Waals surface area contributed by atoms with Gasteiger partial charge < -0.3 is 47.9 Å². The second-order valence-corrected chi connectivity index (χ2v) is 9.94. The summed E-state index contributed by atoms with van der Waals surface area (Å²) < 4.78 is 4.79. The molecule has 0 spiro atoms. The largest absolute Gasteiger partial charge is 0.480 e. The molecule has 0 unspecified atom stereocenters. The van der Waals surface area contributed by atoms with Crippen LogP contribution in [0.5, 0.6) is 0 Å². The highest BCUT2D eigenvalue weighted by Crippen LogP contribution is 2.25. The lowest BCUT2D eigenvalue weighted by Gasteiger charge is -2.38. The Morgan fingerprint density at radius 2 is 1.73 bits per heavy atom. The van der Waals surface area contributed by atoms with Crippen molar-refractivity contribution < 1.29 is 33.8 Å². The lowest BCUT2D eigenvalue weighted by molar-refractivity contribution is -0.147. The van der Waals surface area contributed by atoms with Crippen LogP contribution in [-0.4, -0.2) is 89.6 Å². The number of carbonyl (C=O) groups excluding carboxylic acids is 4. The van der Waals surface area contributed by atoms with Gasteiger partial charge in [-0.25, -0.2) is 9.59 Å². The number of aliphatic imine (C=N–C) groups is 1. The van der Waals surface area contributed by atoms with Gasteiger partial charge in [0.15, 0.2) is 5.96 Å². The summed E-state index contributed by atoms with van der Waals surface area (Å²) in [6, 6.07) is 3.12. The van der Waals surface area contributed by atoms with Gasteiger partial charge in [0.05, 0.1) is 0 Å². The number of nitrogens with two attached hydrogens (primary N) is 3. The van der Waals surface area contributed by atoms with E-state index in [1.165, 1.54) is 4.90 Å². The van der Waals surface area contributed by atoms with Crippen LogP contribution in [0, 0.1) is 0 Å². The van der Waals surface area contributed by atoms with E-state index < -0.39 is 54.0 Å². The Labute approximate surface area is 237 Å². The van der Waals surface area contributed by atoms with E-state index in [0.29, 0.717) is 25.8 Å². The monoisotopic (exact) mass is 574 g/mol. The first-order valence-electron chi connectivity index (χ1n) is 13.5. The Morgan fingerprint density at radius 3 is 2.37 bits per heavy atom. The van der Waals surface area contributed by atoms with Crippen LogP contribution in [0.3, 0.4) is 0 Å². The first-order valence-corrected chi connectivity index (χ1v) is 13.5. The quantitative estimate of drug-likeness (QED) is 0.0753. The summed E-state index contributed by atoms with van der Waals surface area (Å²) in [5.41, 5.74) is 17.9. The number of fused-ring (bicyclic) bond motifs is 1. The third kappa shape index (κ3) is 8.79. The highest BCUT2D eigenvalue weighted by atomic mass is 16.6. The molecular formula is C26H38N8O7. The van der Waals surface area contributed by atoms with Gasteiger partial charge in [0.2, 0.25) is 17.7 Å². The first kappa shape index (κ1) is 31.1. The van der Waals surface area contributed by atoms with Crippen molar-refractivity contribution in [2.75, 3.05) is 19.7 Å². The van der Waals surface area contributed by atoms with E-state index in [1.807, 2.05) is 24.3 Å². The molecule has 1 fully saturated rings. The molecule has 2 heterocycles. The molecule has 0 bridgehead atoms. The summed E-state index contributed by atoms with van der Waals surface area (Å²) in [6.07, 6.45) is 1.19. The lowest BCUT2D eigenvalue weighted by Crippen LogP contribution is -2.60. The number of hydrogen-bond donors (Lipinski definition) is 7. The number of carboxylic acids is 1. The first-order chi connectivity index (χ1) is 19.6. The zero-order chi connectivity index (χ0) is 29.9. The molecule has 0 aromatic heterocycles. The average Bonchev–Trinajstić information content (AvgIpc) is 3.39. The van der Waals surface area contributed by atoms with Crippen molar-refractivity contribution in [3.8, 4) is 0 Å². The maximum Gasteiger partial charge on any atom is 0.407 e. The number of cyclic esters (lactones) is 1. The zero-order valence-corrected chi connectivity index (χ0v) is 22.7. The third-order valence-electron chi connectivity index (χ3n) is 6.95. The van der Waals surface area contributed by atoms with Gasteiger partial charge in [0.1, 0.15) is 30.8 Å². The molecule has 1 aromatic carbocycles. The Hall–Kier alpha value is -4.40. The molecule has 10 N–H and O–H groups in total. The van der Waals surface area contributed by atoms with Crippen molar-refractivity contribution in [1.82, 2.24) is 20.9 Å². The molecule has 224 valence electrons. The molecule has 1 saturated heterocycles. The number of rotatable bonds is 14. The second-order valence-electron chi connectivity index (χ2n) is 9.94. The fraction of sp³-hybridized carbons (Fsp3) is 0.538. The normalized spacial score (nSPS) is 19.1. The Kier molecular flexibility index (Phi) is 11.3. The fourth-order valence-corrected chi connectivity index (χ4v) is 4.77. The van der Waals surface area contributed by atoms with Crippen LogP contribution in [0.15, 0.2) is 29.3 Å². The smallest absolute Gasteiger partial charge is 0.407 e. The molecule has 15 heteroatoms. The second kappa shape index (κ2) is 14.8. The van der Waals surface area contributed by atoms with E-state index in [-0.39, 0.29) is 44.9 Å². The topological polar surface area (TPSA) is 245 Å². The summed E-state index contributed by atoms with van der Waals surface area (Å²) >= 11 is 0. The molecule has 2 aliphatic heterocycles. The van der Waals surface area contributed by atoms with Crippen LogP contribution < -0.4 is 33.2 Å². The molecule has 0 saturated carbocycles. The van der Waals surface area contributed by atoms with E-state index in [9.17, 15) is 29.1 Å². The van der Waals surface area contributed by atoms with Crippen LogP contribution in [0.25, 0.3) is 0 Å². The third-order valence-corrected chi connectivity index (χ3v) is 6.95. The molecular weight excluding hydrogens is 536 g/mol. The molecule has 4 amide bonds. The van der Waals surface area contributed by atoms with E-state index in [2.05, 4.69) is 20.9 Å². The number of nitrogens with one attached hydrogen (secondary N) is 3. The zero-order valence-electron chi connectivity index (χ0n) is 22.7. The van der Waals surface area contributed by atoms with Crippen molar-refractivity contribution in [3.63, 3.8) is 0 Å². The minimum absolute atomic E-state index is 0.0715. The lowest BCUT2D eigenvalue weighted by atomic mass is 9.92.